The summed E-state index contributed by atoms with van der Waals surface area (Å²) in [6.07, 6.45) is 2.98. The predicted octanol–water partition coefficient (Wildman–Crippen LogP) is 1.65. The SMILES string of the molecule is CC(C)(C)OC(=O)N1CC=C(c2ccncc2)C([N+](=O)[O-])C1N. The first kappa shape index (κ1) is 16.9. The number of hydrogen-bond donors (Lipinski definition) is 1. The Bertz CT molecular complexity index is 624. The molecule has 0 aromatic carbocycles. The molecule has 1 aliphatic heterocycles. The summed E-state index contributed by atoms with van der Waals surface area (Å²) in [6.45, 7) is 5.33. The van der Waals surface area contributed by atoms with E-state index in [0.717, 1.165) is 0 Å². The van der Waals surface area contributed by atoms with Crippen molar-refractivity contribution in [3.8, 4) is 0 Å². The van der Waals surface area contributed by atoms with Gasteiger partial charge in [0.2, 0.25) is 0 Å². The molecule has 23 heavy (non-hydrogen) atoms. The number of pyridine rings is 1. The van der Waals surface area contributed by atoms with Gasteiger partial charge in [0.15, 0.2) is 6.17 Å². The summed E-state index contributed by atoms with van der Waals surface area (Å²) in [5.41, 5.74) is 6.44. The minimum absolute atomic E-state index is 0.151. The maximum atomic E-state index is 12.2. The topological polar surface area (TPSA) is 112 Å². The number of nitrogens with zero attached hydrogens (tertiary/aromatic N) is 3. The highest BCUT2D eigenvalue weighted by atomic mass is 16.6. The lowest BCUT2D eigenvalue weighted by Crippen LogP contribution is -2.58. The smallest absolute Gasteiger partial charge is 0.412 e. The van der Waals surface area contributed by atoms with E-state index in [9.17, 15) is 14.9 Å². The van der Waals surface area contributed by atoms with Crippen molar-refractivity contribution >= 4 is 11.7 Å². The van der Waals surface area contributed by atoms with Crippen LogP contribution in [0.1, 0.15) is 26.3 Å². The number of carbonyl (C=O) groups excluding carboxylic acids is 1. The fourth-order valence-electron chi connectivity index (χ4n) is 2.38. The van der Waals surface area contributed by atoms with Crippen LogP contribution in [0.3, 0.4) is 0 Å². The van der Waals surface area contributed by atoms with Crippen LogP contribution in [-0.2, 0) is 4.74 Å². The predicted molar refractivity (Wildman–Crippen MR) is 83.9 cm³/mol. The third-order valence-corrected chi connectivity index (χ3v) is 3.38. The fraction of sp³-hybridized carbons (Fsp3) is 0.467. The van der Waals surface area contributed by atoms with Crippen molar-refractivity contribution in [2.45, 2.75) is 38.6 Å². The van der Waals surface area contributed by atoms with Gasteiger partial charge in [-0.1, -0.05) is 6.08 Å². The van der Waals surface area contributed by atoms with Crippen molar-refractivity contribution < 1.29 is 14.5 Å². The molecule has 1 aromatic heterocycles. The summed E-state index contributed by atoms with van der Waals surface area (Å²) in [4.78, 5) is 28.3. The minimum Gasteiger partial charge on any atom is -0.444 e. The first-order chi connectivity index (χ1) is 10.7. The zero-order valence-corrected chi connectivity index (χ0v) is 13.3. The lowest BCUT2D eigenvalue weighted by atomic mass is 9.94. The molecular weight excluding hydrogens is 300 g/mol. The maximum absolute atomic E-state index is 12.2. The molecule has 0 radical (unpaired) electrons. The molecule has 124 valence electrons. The molecule has 2 rings (SSSR count). The average molecular weight is 320 g/mol. The van der Waals surface area contributed by atoms with E-state index in [1.165, 1.54) is 4.90 Å². The largest absolute Gasteiger partial charge is 0.444 e. The highest BCUT2D eigenvalue weighted by Gasteiger charge is 2.43. The van der Waals surface area contributed by atoms with Gasteiger partial charge in [0, 0.05) is 29.4 Å². The van der Waals surface area contributed by atoms with E-state index in [1.807, 2.05) is 0 Å². The van der Waals surface area contributed by atoms with Gasteiger partial charge in [-0.3, -0.25) is 20.0 Å². The van der Waals surface area contributed by atoms with Crippen LogP contribution < -0.4 is 5.73 Å². The van der Waals surface area contributed by atoms with Gasteiger partial charge in [-0.25, -0.2) is 4.79 Å². The number of nitro groups is 1. The van der Waals surface area contributed by atoms with Crippen LogP contribution in [0.5, 0.6) is 0 Å². The molecule has 2 atom stereocenters. The fourth-order valence-corrected chi connectivity index (χ4v) is 2.38. The van der Waals surface area contributed by atoms with Gasteiger partial charge >= 0.3 is 6.09 Å². The Labute approximate surface area is 134 Å². The Morgan fingerprint density at radius 1 is 1.43 bits per heavy atom. The summed E-state index contributed by atoms with van der Waals surface area (Å²) in [6, 6.07) is 2.13. The summed E-state index contributed by atoms with van der Waals surface area (Å²) in [7, 11) is 0. The highest BCUT2D eigenvalue weighted by Crippen LogP contribution is 2.27. The molecule has 2 heterocycles. The van der Waals surface area contributed by atoms with Crippen LogP contribution in [0, 0.1) is 10.1 Å². The number of carbonyl (C=O) groups is 1. The monoisotopic (exact) mass is 320 g/mol. The molecule has 8 heteroatoms. The van der Waals surface area contributed by atoms with Crippen LogP contribution in [0.4, 0.5) is 4.79 Å². The first-order valence-corrected chi connectivity index (χ1v) is 7.20. The molecule has 0 saturated carbocycles. The van der Waals surface area contributed by atoms with Crippen LogP contribution in [0.25, 0.3) is 5.57 Å². The van der Waals surface area contributed by atoms with Crippen LogP contribution >= 0.6 is 0 Å². The second kappa shape index (κ2) is 6.33. The van der Waals surface area contributed by atoms with Gasteiger partial charge in [-0.05, 0) is 38.5 Å². The molecule has 0 aliphatic carbocycles. The van der Waals surface area contributed by atoms with Crippen molar-refractivity contribution in [1.82, 2.24) is 9.88 Å². The maximum Gasteiger partial charge on any atom is 0.412 e. The summed E-state index contributed by atoms with van der Waals surface area (Å²) >= 11 is 0. The third-order valence-electron chi connectivity index (χ3n) is 3.38. The lowest BCUT2D eigenvalue weighted by Gasteiger charge is -2.35. The van der Waals surface area contributed by atoms with Crippen molar-refractivity contribution in [1.29, 1.82) is 0 Å². The number of amides is 1. The standard InChI is InChI=1S/C15H20N4O4/c1-15(2,3)23-14(20)18-9-6-11(10-4-7-17-8-5-10)12(13(18)16)19(21)22/h4-8,12-13H,9,16H2,1-3H3. The van der Waals surface area contributed by atoms with E-state index in [1.54, 1.807) is 51.4 Å². The zero-order chi connectivity index (χ0) is 17.2. The zero-order valence-electron chi connectivity index (χ0n) is 13.3. The molecule has 2 N–H and O–H groups in total. The van der Waals surface area contributed by atoms with Crippen LogP contribution in [-0.4, -0.2) is 45.3 Å². The molecule has 1 aromatic rings. The van der Waals surface area contributed by atoms with Crippen LogP contribution in [0.15, 0.2) is 30.6 Å². The quantitative estimate of drug-likeness (QED) is 0.655. The number of hydrogen-bond acceptors (Lipinski definition) is 6. The van der Waals surface area contributed by atoms with E-state index >= 15 is 0 Å². The molecular formula is C15H20N4O4. The second-order valence-electron chi connectivity index (χ2n) is 6.25. The van der Waals surface area contributed by atoms with E-state index in [-0.39, 0.29) is 6.54 Å². The molecule has 0 spiro atoms. The molecule has 0 saturated heterocycles. The number of ether oxygens (including phenoxy) is 1. The van der Waals surface area contributed by atoms with Gasteiger partial charge < -0.3 is 10.5 Å². The molecule has 1 amide bonds. The van der Waals surface area contributed by atoms with E-state index in [2.05, 4.69) is 4.98 Å². The van der Waals surface area contributed by atoms with Gasteiger partial charge in [-0.2, -0.15) is 0 Å². The Morgan fingerprint density at radius 3 is 2.57 bits per heavy atom. The highest BCUT2D eigenvalue weighted by molar-refractivity contribution is 5.75. The van der Waals surface area contributed by atoms with Crippen LogP contribution in [0.2, 0.25) is 0 Å². The van der Waals surface area contributed by atoms with Gasteiger partial charge in [0.05, 0.1) is 0 Å². The summed E-state index contributed by atoms with van der Waals surface area (Å²) < 4.78 is 5.26. The van der Waals surface area contributed by atoms with Crippen molar-refractivity contribution in [3.05, 3.63) is 46.3 Å². The van der Waals surface area contributed by atoms with Gasteiger partial charge in [0.1, 0.15) is 5.60 Å². The Kier molecular flexibility index (Phi) is 4.65. The summed E-state index contributed by atoms with van der Waals surface area (Å²) in [5.74, 6) is 0. The van der Waals surface area contributed by atoms with E-state index in [0.29, 0.717) is 11.1 Å². The average Bonchev–Trinajstić information content (AvgIpc) is 2.45. The Morgan fingerprint density at radius 2 is 2.04 bits per heavy atom. The first-order valence-electron chi connectivity index (χ1n) is 7.20. The van der Waals surface area contributed by atoms with Gasteiger partial charge in [0.25, 0.3) is 6.04 Å². The van der Waals surface area contributed by atoms with Crippen molar-refractivity contribution in [3.63, 3.8) is 0 Å². The lowest BCUT2D eigenvalue weighted by molar-refractivity contribution is -0.513. The van der Waals surface area contributed by atoms with Crippen molar-refractivity contribution in [2.75, 3.05) is 6.54 Å². The molecule has 0 fully saturated rings. The second-order valence-corrected chi connectivity index (χ2v) is 6.25. The Hall–Kier alpha value is -2.48. The van der Waals surface area contributed by atoms with E-state index < -0.39 is 28.8 Å². The Balaban J connectivity index is 2.32. The normalized spacial score (nSPS) is 21.6. The molecule has 1 aliphatic rings. The van der Waals surface area contributed by atoms with Gasteiger partial charge in [-0.15, -0.1) is 0 Å². The number of nitrogens with two attached hydrogens (primary N) is 1. The molecule has 8 nitrogen and oxygen atoms in total. The minimum atomic E-state index is -1.22. The van der Waals surface area contributed by atoms with E-state index in [4.69, 9.17) is 10.5 Å². The molecule has 0 bridgehead atoms. The molecule has 2 unspecified atom stereocenters. The number of rotatable bonds is 2. The summed E-state index contributed by atoms with van der Waals surface area (Å²) in [5, 5.41) is 11.5. The van der Waals surface area contributed by atoms with Crippen molar-refractivity contribution in [2.24, 2.45) is 5.73 Å². The third kappa shape index (κ3) is 3.84. The number of aromatic nitrogens is 1.